The minimum atomic E-state index is -0.432. The summed E-state index contributed by atoms with van der Waals surface area (Å²) in [5, 5.41) is 3.43. The van der Waals surface area contributed by atoms with Gasteiger partial charge in [-0.15, -0.1) is 12.4 Å². The summed E-state index contributed by atoms with van der Waals surface area (Å²) in [4.78, 5) is 17.2. The van der Waals surface area contributed by atoms with Crippen LogP contribution in [0.5, 0.6) is 5.75 Å². The average molecular weight is 396 g/mol. The van der Waals surface area contributed by atoms with Crippen molar-refractivity contribution in [1.82, 2.24) is 15.1 Å². The molecule has 1 amide bonds. The van der Waals surface area contributed by atoms with Crippen molar-refractivity contribution in [1.29, 1.82) is 0 Å². The zero-order valence-corrected chi connectivity index (χ0v) is 17.5. The Labute approximate surface area is 169 Å². The van der Waals surface area contributed by atoms with Crippen molar-refractivity contribution in [3.63, 3.8) is 0 Å². The third-order valence-electron chi connectivity index (χ3n) is 5.65. The Kier molecular flexibility index (Phi) is 8.87. The second-order valence-corrected chi connectivity index (χ2v) is 7.58. The number of benzene rings is 1. The van der Waals surface area contributed by atoms with E-state index in [1.54, 1.807) is 0 Å². The number of piperidine rings is 1. The molecule has 0 radical (unpaired) electrons. The summed E-state index contributed by atoms with van der Waals surface area (Å²) in [6.07, 6.45) is 3.14. The number of carbonyl (C=O) groups is 1. The normalized spacial score (nSPS) is 20.0. The number of ether oxygens (including phenoxy) is 1. The molecule has 0 spiro atoms. The van der Waals surface area contributed by atoms with Gasteiger partial charge in [0, 0.05) is 32.7 Å². The number of halogens is 1. The van der Waals surface area contributed by atoms with Crippen LogP contribution in [0.1, 0.15) is 32.3 Å². The standard InChI is InChI=1S/C21H33N3O2.ClH/c1-3-18-4-6-20(7-5-18)26-17(2)21(25)24-14-12-23(13-15-24)16-19-8-10-22-11-9-19;/h4-7,17,19,22H,3,8-16H2,1-2H3;1H. The first-order valence-electron chi connectivity index (χ1n) is 10.1. The molecule has 27 heavy (non-hydrogen) atoms. The Morgan fingerprint density at radius 2 is 1.78 bits per heavy atom. The van der Waals surface area contributed by atoms with Crippen molar-refractivity contribution in [3.8, 4) is 5.75 Å². The number of nitrogens with zero attached hydrogens (tertiary/aromatic N) is 2. The van der Waals surface area contributed by atoms with Gasteiger partial charge in [0.1, 0.15) is 5.75 Å². The third kappa shape index (κ3) is 6.37. The molecule has 6 heteroatoms. The van der Waals surface area contributed by atoms with Crippen molar-refractivity contribution in [2.45, 2.75) is 39.2 Å². The monoisotopic (exact) mass is 395 g/mol. The van der Waals surface area contributed by atoms with E-state index in [1.165, 1.54) is 24.9 Å². The van der Waals surface area contributed by atoms with E-state index in [0.717, 1.165) is 57.4 Å². The van der Waals surface area contributed by atoms with Crippen LogP contribution in [0.25, 0.3) is 0 Å². The molecule has 1 aromatic rings. The van der Waals surface area contributed by atoms with Crippen LogP contribution in [0.2, 0.25) is 0 Å². The number of rotatable bonds is 6. The lowest BCUT2D eigenvalue weighted by Crippen LogP contribution is -2.53. The smallest absolute Gasteiger partial charge is 0.263 e. The summed E-state index contributed by atoms with van der Waals surface area (Å²) < 4.78 is 5.87. The van der Waals surface area contributed by atoms with Gasteiger partial charge in [-0.3, -0.25) is 9.69 Å². The van der Waals surface area contributed by atoms with Gasteiger partial charge in [0.15, 0.2) is 6.10 Å². The molecule has 152 valence electrons. The number of amides is 1. The van der Waals surface area contributed by atoms with Crippen molar-refractivity contribution < 1.29 is 9.53 Å². The maximum absolute atomic E-state index is 12.7. The predicted molar refractivity (Wildman–Crippen MR) is 112 cm³/mol. The molecule has 1 aromatic carbocycles. The van der Waals surface area contributed by atoms with Gasteiger partial charge in [-0.2, -0.15) is 0 Å². The van der Waals surface area contributed by atoms with Crippen LogP contribution >= 0.6 is 12.4 Å². The molecule has 0 aromatic heterocycles. The minimum absolute atomic E-state index is 0. The molecule has 0 bridgehead atoms. The lowest BCUT2D eigenvalue weighted by Gasteiger charge is -2.38. The van der Waals surface area contributed by atoms with Gasteiger partial charge in [0.2, 0.25) is 0 Å². The molecule has 3 rings (SSSR count). The molecular weight excluding hydrogens is 362 g/mol. The number of hydrogen-bond acceptors (Lipinski definition) is 4. The molecule has 2 aliphatic rings. The first kappa shape index (κ1) is 22.0. The molecule has 0 saturated carbocycles. The van der Waals surface area contributed by atoms with Gasteiger partial charge in [0.05, 0.1) is 0 Å². The minimum Gasteiger partial charge on any atom is -0.481 e. The molecule has 2 aliphatic heterocycles. The van der Waals surface area contributed by atoms with Crippen LogP contribution in [0.4, 0.5) is 0 Å². The maximum atomic E-state index is 12.7. The summed E-state index contributed by atoms with van der Waals surface area (Å²) >= 11 is 0. The van der Waals surface area contributed by atoms with Gasteiger partial charge >= 0.3 is 0 Å². The molecule has 2 heterocycles. The van der Waals surface area contributed by atoms with Crippen LogP contribution < -0.4 is 10.1 Å². The molecule has 1 N–H and O–H groups in total. The Morgan fingerprint density at radius 1 is 1.15 bits per heavy atom. The fourth-order valence-corrected chi connectivity index (χ4v) is 3.90. The molecule has 5 nitrogen and oxygen atoms in total. The van der Waals surface area contributed by atoms with Crippen LogP contribution in [0.15, 0.2) is 24.3 Å². The number of nitrogens with one attached hydrogen (secondary N) is 1. The van der Waals surface area contributed by atoms with E-state index in [4.69, 9.17) is 4.74 Å². The first-order valence-corrected chi connectivity index (χ1v) is 10.1. The van der Waals surface area contributed by atoms with Crippen molar-refractivity contribution in [3.05, 3.63) is 29.8 Å². The fourth-order valence-electron chi connectivity index (χ4n) is 3.90. The Balaban J connectivity index is 0.00000261. The highest BCUT2D eigenvalue weighted by atomic mass is 35.5. The Hall–Kier alpha value is -1.30. The van der Waals surface area contributed by atoms with Crippen LogP contribution in [-0.2, 0) is 11.2 Å². The number of carbonyl (C=O) groups excluding carboxylic acids is 1. The first-order chi connectivity index (χ1) is 12.7. The van der Waals surface area contributed by atoms with Crippen molar-refractivity contribution >= 4 is 18.3 Å². The summed E-state index contributed by atoms with van der Waals surface area (Å²) in [7, 11) is 0. The lowest BCUT2D eigenvalue weighted by atomic mass is 9.97. The quantitative estimate of drug-likeness (QED) is 0.804. The van der Waals surface area contributed by atoms with Crippen LogP contribution in [0, 0.1) is 5.92 Å². The topological polar surface area (TPSA) is 44.8 Å². The predicted octanol–water partition coefficient (Wildman–Crippen LogP) is 2.58. The van der Waals surface area contributed by atoms with Crippen LogP contribution in [-0.4, -0.2) is 67.6 Å². The summed E-state index contributed by atoms with van der Waals surface area (Å²) in [5.74, 6) is 1.69. The van der Waals surface area contributed by atoms with E-state index in [2.05, 4.69) is 29.3 Å². The summed E-state index contributed by atoms with van der Waals surface area (Å²) in [5.41, 5.74) is 1.28. The van der Waals surface area contributed by atoms with E-state index in [-0.39, 0.29) is 18.3 Å². The maximum Gasteiger partial charge on any atom is 0.263 e. The largest absolute Gasteiger partial charge is 0.481 e. The van der Waals surface area contributed by atoms with Gasteiger partial charge in [-0.1, -0.05) is 19.1 Å². The fraction of sp³-hybridized carbons (Fsp3) is 0.667. The van der Waals surface area contributed by atoms with E-state index >= 15 is 0 Å². The van der Waals surface area contributed by atoms with Crippen LogP contribution in [0.3, 0.4) is 0 Å². The Bertz CT molecular complexity index is 567. The van der Waals surface area contributed by atoms with E-state index in [1.807, 2.05) is 24.0 Å². The number of aryl methyl sites for hydroxylation is 1. The summed E-state index contributed by atoms with van der Waals surface area (Å²) in [6.45, 7) is 11.1. The molecule has 2 saturated heterocycles. The molecule has 2 fully saturated rings. The second kappa shape index (κ2) is 10.9. The lowest BCUT2D eigenvalue weighted by molar-refractivity contribution is -0.139. The van der Waals surface area contributed by atoms with E-state index < -0.39 is 6.10 Å². The van der Waals surface area contributed by atoms with E-state index in [0.29, 0.717) is 0 Å². The van der Waals surface area contributed by atoms with Crippen molar-refractivity contribution in [2.75, 3.05) is 45.8 Å². The SMILES string of the molecule is CCc1ccc(OC(C)C(=O)N2CCN(CC3CCNCC3)CC2)cc1.Cl. The zero-order chi connectivity index (χ0) is 18.4. The summed E-state index contributed by atoms with van der Waals surface area (Å²) in [6, 6.07) is 8.04. The average Bonchev–Trinajstić information content (AvgIpc) is 2.69. The molecule has 0 aliphatic carbocycles. The van der Waals surface area contributed by atoms with Gasteiger partial charge in [-0.25, -0.2) is 0 Å². The highest BCUT2D eigenvalue weighted by Crippen LogP contribution is 2.17. The number of hydrogen-bond donors (Lipinski definition) is 1. The highest BCUT2D eigenvalue weighted by molar-refractivity contribution is 5.85. The molecule has 1 atom stereocenters. The number of piperazine rings is 1. The van der Waals surface area contributed by atoms with Gasteiger partial charge in [0.25, 0.3) is 5.91 Å². The highest BCUT2D eigenvalue weighted by Gasteiger charge is 2.27. The van der Waals surface area contributed by atoms with E-state index in [9.17, 15) is 4.79 Å². The third-order valence-corrected chi connectivity index (χ3v) is 5.65. The van der Waals surface area contributed by atoms with Gasteiger partial charge in [-0.05, 0) is 62.9 Å². The molecular formula is C21H34ClN3O2. The zero-order valence-electron chi connectivity index (χ0n) is 16.7. The Morgan fingerprint density at radius 3 is 2.37 bits per heavy atom. The van der Waals surface area contributed by atoms with Crippen molar-refractivity contribution in [2.24, 2.45) is 5.92 Å². The second-order valence-electron chi connectivity index (χ2n) is 7.58. The van der Waals surface area contributed by atoms with Gasteiger partial charge < -0.3 is 15.0 Å². The molecule has 1 unspecified atom stereocenters.